The molecule has 3 aromatic rings. The lowest BCUT2D eigenvalue weighted by Crippen LogP contribution is -2.36. The number of nitrogens with one attached hydrogen (secondary N) is 1. The minimum Gasteiger partial charge on any atom is -0.396 e. The first-order chi connectivity index (χ1) is 14.1. The largest absolute Gasteiger partial charge is 0.396 e. The molecule has 0 aliphatic carbocycles. The van der Waals surface area contributed by atoms with Crippen LogP contribution >= 0.6 is 0 Å². The maximum absolute atomic E-state index is 13.8. The maximum atomic E-state index is 13.8. The van der Waals surface area contributed by atoms with E-state index in [1.807, 2.05) is 19.1 Å². The highest BCUT2D eigenvalue weighted by Gasteiger charge is 2.19. The van der Waals surface area contributed by atoms with Crippen molar-refractivity contribution in [2.45, 2.75) is 26.3 Å². The first kappa shape index (κ1) is 19.4. The second-order valence-corrected chi connectivity index (χ2v) is 7.48. The van der Waals surface area contributed by atoms with Crippen molar-refractivity contribution in [1.82, 2.24) is 9.55 Å². The zero-order chi connectivity index (χ0) is 20.4. The molecule has 0 radical (unpaired) electrons. The minimum absolute atomic E-state index is 0.233. The summed E-state index contributed by atoms with van der Waals surface area (Å²) in [5.74, 6) is 0.166. The molecule has 1 fully saturated rings. The topological polar surface area (TPSA) is 70.4 Å². The van der Waals surface area contributed by atoms with E-state index in [-0.39, 0.29) is 6.61 Å². The summed E-state index contributed by atoms with van der Waals surface area (Å²) < 4.78 is 15.2. The Hall–Kier alpha value is -2.93. The summed E-state index contributed by atoms with van der Waals surface area (Å²) in [6.07, 6.45) is 3.74. The predicted octanol–water partition coefficient (Wildman–Crippen LogP) is 3.51. The molecule has 2 N–H and O–H groups in total. The fraction of sp³-hybridized carbons (Fsp3) is 0.364. The molecule has 2 aromatic heterocycles. The van der Waals surface area contributed by atoms with Crippen LogP contribution in [-0.2, 0) is 6.54 Å². The fourth-order valence-electron chi connectivity index (χ4n) is 3.97. The number of hydrogen-bond acceptors (Lipinski definition) is 5. The molecule has 7 heteroatoms. The van der Waals surface area contributed by atoms with Crippen molar-refractivity contribution in [3.05, 3.63) is 58.8 Å². The van der Waals surface area contributed by atoms with E-state index in [1.54, 1.807) is 12.3 Å². The Morgan fingerprint density at radius 3 is 2.79 bits per heavy atom. The van der Waals surface area contributed by atoms with Gasteiger partial charge in [0, 0.05) is 55.3 Å². The highest BCUT2D eigenvalue weighted by atomic mass is 19.1. The number of aryl methyl sites for hydroxylation is 1. The van der Waals surface area contributed by atoms with Crippen LogP contribution < -0.4 is 15.8 Å². The first-order valence-corrected chi connectivity index (χ1v) is 10.0. The van der Waals surface area contributed by atoms with E-state index in [2.05, 4.69) is 27.3 Å². The molecule has 0 saturated carbocycles. The summed E-state index contributed by atoms with van der Waals surface area (Å²) in [5, 5.41) is 13.3. The van der Waals surface area contributed by atoms with E-state index >= 15 is 0 Å². The third-order valence-corrected chi connectivity index (χ3v) is 5.53. The van der Waals surface area contributed by atoms with Gasteiger partial charge in [0.15, 0.2) is 5.82 Å². The van der Waals surface area contributed by atoms with Gasteiger partial charge >= 0.3 is 0 Å². The smallest absolute Gasteiger partial charge is 0.287 e. The SMILES string of the molecule is CCn1c(=O)c(F)cc2cnc(Nc3ccc(N4CCCC(CO)C4)cc3)cc21. The quantitative estimate of drug-likeness (QED) is 0.691. The van der Waals surface area contributed by atoms with Crippen molar-refractivity contribution in [2.24, 2.45) is 5.92 Å². The summed E-state index contributed by atoms with van der Waals surface area (Å²) in [4.78, 5) is 18.7. The molecule has 1 atom stereocenters. The van der Waals surface area contributed by atoms with Crippen LogP contribution in [0.1, 0.15) is 19.8 Å². The fourth-order valence-corrected chi connectivity index (χ4v) is 3.97. The van der Waals surface area contributed by atoms with Crippen LogP contribution in [0.5, 0.6) is 0 Å². The summed E-state index contributed by atoms with van der Waals surface area (Å²) in [6, 6.07) is 11.1. The Morgan fingerprint density at radius 2 is 2.07 bits per heavy atom. The average Bonchev–Trinajstić information content (AvgIpc) is 2.75. The van der Waals surface area contributed by atoms with Crippen molar-refractivity contribution in [1.29, 1.82) is 0 Å². The standard InChI is InChI=1S/C22H25FN4O2/c1-2-27-20-11-21(24-12-16(20)10-19(23)22(27)29)25-17-5-7-18(8-6-17)26-9-3-4-15(13-26)14-28/h5-8,10-12,15,28H,2-4,9,13-14H2,1H3,(H,24,25). The van der Waals surface area contributed by atoms with Gasteiger partial charge < -0.3 is 19.9 Å². The molecule has 3 heterocycles. The molecule has 1 unspecified atom stereocenters. The van der Waals surface area contributed by atoms with Gasteiger partial charge in [-0.3, -0.25) is 4.79 Å². The van der Waals surface area contributed by atoms with Crippen molar-refractivity contribution < 1.29 is 9.50 Å². The highest BCUT2D eigenvalue weighted by Crippen LogP contribution is 2.26. The Kier molecular flexibility index (Phi) is 5.49. The van der Waals surface area contributed by atoms with Gasteiger partial charge in [-0.25, -0.2) is 9.37 Å². The molecule has 1 aliphatic rings. The van der Waals surface area contributed by atoms with Gasteiger partial charge in [0.05, 0.1) is 5.52 Å². The number of halogens is 1. The number of benzene rings is 1. The zero-order valence-corrected chi connectivity index (χ0v) is 16.4. The lowest BCUT2D eigenvalue weighted by Gasteiger charge is -2.33. The number of anilines is 3. The Labute approximate surface area is 168 Å². The van der Waals surface area contributed by atoms with Crippen LogP contribution in [0.15, 0.2) is 47.4 Å². The maximum Gasteiger partial charge on any atom is 0.287 e. The summed E-state index contributed by atoms with van der Waals surface area (Å²) in [5.41, 5.74) is 2.04. The molecule has 0 amide bonds. The molecule has 0 bridgehead atoms. The predicted molar refractivity (Wildman–Crippen MR) is 113 cm³/mol. The number of fused-ring (bicyclic) bond motifs is 1. The zero-order valence-electron chi connectivity index (χ0n) is 16.4. The molecule has 1 aliphatic heterocycles. The van der Waals surface area contributed by atoms with Crippen LogP contribution in [0.2, 0.25) is 0 Å². The molecular formula is C22H25FN4O2. The van der Waals surface area contributed by atoms with E-state index in [9.17, 15) is 14.3 Å². The Bertz CT molecular complexity index is 1060. The van der Waals surface area contributed by atoms with Gasteiger partial charge in [-0.1, -0.05) is 0 Å². The van der Waals surface area contributed by atoms with Crippen LogP contribution in [0, 0.1) is 11.7 Å². The molecule has 29 heavy (non-hydrogen) atoms. The molecule has 0 spiro atoms. The third-order valence-electron chi connectivity index (χ3n) is 5.53. The summed E-state index contributed by atoms with van der Waals surface area (Å²) >= 11 is 0. The van der Waals surface area contributed by atoms with Gasteiger partial charge in [0.2, 0.25) is 0 Å². The lowest BCUT2D eigenvalue weighted by atomic mass is 9.98. The lowest BCUT2D eigenvalue weighted by molar-refractivity contribution is 0.209. The van der Waals surface area contributed by atoms with Crippen LogP contribution in [0.4, 0.5) is 21.6 Å². The number of hydrogen-bond donors (Lipinski definition) is 2. The minimum atomic E-state index is -0.765. The van der Waals surface area contributed by atoms with Gasteiger partial charge in [0.1, 0.15) is 5.82 Å². The number of pyridine rings is 2. The number of aromatic nitrogens is 2. The molecule has 6 nitrogen and oxygen atoms in total. The molecule has 4 rings (SSSR count). The summed E-state index contributed by atoms with van der Waals surface area (Å²) in [6.45, 7) is 4.31. The number of aliphatic hydroxyl groups excluding tert-OH is 1. The average molecular weight is 396 g/mol. The van der Waals surface area contributed by atoms with Gasteiger partial charge in [0.25, 0.3) is 5.56 Å². The van der Waals surface area contributed by atoms with Crippen molar-refractivity contribution in [2.75, 3.05) is 29.9 Å². The monoisotopic (exact) mass is 396 g/mol. The van der Waals surface area contributed by atoms with E-state index < -0.39 is 11.4 Å². The van der Waals surface area contributed by atoms with E-state index in [0.29, 0.717) is 29.2 Å². The number of rotatable bonds is 5. The Balaban J connectivity index is 1.55. The first-order valence-electron chi connectivity index (χ1n) is 10.0. The highest BCUT2D eigenvalue weighted by molar-refractivity contribution is 5.81. The van der Waals surface area contributed by atoms with E-state index in [4.69, 9.17) is 0 Å². The van der Waals surface area contributed by atoms with E-state index in [0.717, 1.165) is 37.3 Å². The van der Waals surface area contributed by atoms with Gasteiger partial charge in [-0.15, -0.1) is 0 Å². The number of aliphatic hydroxyl groups is 1. The van der Waals surface area contributed by atoms with E-state index in [1.165, 1.54) is 10.6 Å². The summed E-state index contributed by atoms with van der Waals surface area (Å²) in [7, 11) is 0. The van der Waals surface area contributed by atoms with Crippen LogP contribution in [0.3, 0.4) is 0 Å². The Morgan fingerprint density at radius 1 is 1.28 bits per heavy atom. The molecular weight excluding hydrogens is 371 g/mol. The second-order valence-electron chi connectivity index (χ2n) is 7.48. The number of nitrogens with zero attached hydrogens (tertiary/aromatic N) is 3. The van der Waals surface area contributed by atoms with Crippen LogP contribution in [0.25, 0.3) is 10.9 Å². The second kappa shape index (κ2) is 8.21. The van der Waals surface area contributed by atoms with Crippen molar-refractivity contribution in [3.63, 3.8) is 0 Å². The normalized spacial score (nSPS) is 16.9. The van der Waals surface area contributed by atoms with Crippen molar-refractivity contribution in [3.8, 4) is 0 Å². The van der Waals surface area contributed by atoms with Gasteiger partial charge in [-0.2, -0.15) is 0 Å². The van der Waals surface area contributed by atoms with Gasteiger partial charge in [-0.05, 0) is 56.0 Å². The number of piperidine rings is 1. The molecule has 1 saturated heterocycles. The molecule has 152 valence electrons. The molecule has 1 aromatic carbocycles. The van der Waals surface area contributed by atoms with Crippen LogP contribution in [-0.4, -0.2) is 34.4 Å². The third kappa shape index (κ3) is 3.96. The van der Waals surface area contributed by atoms with Crippen molar-refractivity contribution >= 4 is 28.1 Å².